The number of para-hydroxylation sites is 2. The lowest BCUT2D eigenvalue weighted by Gasteiger charge is -2.39. The monoisotopic (exact) mass is 827 g/mol. The summed E-state index contributed by atoms with van der Waals surface area (Å²) in [5, 5.41) is 0. The van der Waals surface area contributed by atoms with Crippen LogP contribution in [-0.4, -0.2) is 65.8 Å². The van der Waals surface area contributed by atoms with E-state index in [1.807, 2.05) is 48.8 Å². The van der Waals surface area contributed by atoms with Gasteiger partial charge in [0, 0.05) is 36.1 Å². The second-order valence-electron chi connectivity index (χ2n) is 13.1. The van der Waals surface area contributed by atoms with Gasteiger partial charge in [0.2, 0.25) is 11.5 Å². The number of pyridine rings is 2. The first-order valence-electron chi connectivity index (χ1n) is 17.8. The van der Waals surface area contributed by atoms with E-state index in [0.29, 0.717) is 53.0 Å². The Morgan fingerprint density at radius 1 is 0.518 bits per heavy atom. The molecule has 1 fully saturated rings. The lowest BCUT2D eigenvalue weighted by atomic mass is 9.81. The van der Waals surface area contributed by atoms with Gasteiger partial charge in [-0.1, -0.05) is 12.1 Å². The maximum Gasteiger partial charge on any atom is 0.203 e. The molecule has 2 heterocycles. The molecule has 3 aromatic carbocycles. The molecule has 0 atom stereocenters. The van der Waals surface area contributed by atoms with Crippen LogP contribution in [0.5, 0.6) is 40.2 Å². The zero-order chi connectivity index (χ0) is 37.3. The highest BCUT2D eigenvalue weighted by atomic mass is 35.5. The van der Waals surface area contributed by atoms with Crippen molar-refractivity contribution >= 4 is 42.9 Å². The zero-order valence-electron chi connectivity index (χ0n) is 32.9. The topological polar surface area (TPSA) is 93.6 Å². The van der Waals surface area contributed by atoms with Crippen molar-refractivity contribution in [3.63, 3.8) is 0 Å². The van der Waals surface area contributed by atoms with Gasteiger partial charge in [0.25, 0.3) is 0 Å². The van der Waals surface area contributed by atoms with E-state index in [1.54, 1.807) is 49.8 Å². The zero-order valence-corrected chi connectivity index (χ0v) is 35.4. The fraction of sp³-hybridized carbons (Fsp3) is 0.349. The Kier molecular flexibility index (Phi) is 17.5. The van der Waals surface area contributed by atoms with E-state index in [4.69, 9.17) is 43.1 Å². The van der Waals surface area contributed by atoms with Gasteiger partial charge in [-0.3, -0.25) is 9.97 Å². The van der Waals surface area contributed by atoms with Gasteiger partial charge >= 0.3 is 0 Å². The summed E-state index contributed by atoms with van der Waals surface area (Å²) in [5.74, 6) is 4.94. The quantitative estimate of drug-likeness (QED) is 0.102. The number of hydrogen-bond acceptors (Lipinski definition) is 10. The molecule has 0 amide bonds. The highest BCUT2D eigenvalue weighted by Crippen LogP contribution is 2.43. The van der Waals surface area contributed by atoms with Crippen LogP contribution in [0, 0.1) is 5.92 Å². The van der Waals surface area contributed by atoms with E-state index in [1.165, 1.54) is 5.56 Å². The van der Waals surface area contributed by atoms with Crippen molar-refractivity contribution in [3.05, 3.63) is 96.3 Å². The van der Waals surface area contributed by atoms with Crippen LogP contribution in [0.3, 0.4) is 0 Å². The maximum absolute atomic E-state index is 5.89. The fourth-order valence-electron chi connectivity index (χ4n) is 7.42. The van der Waals surface area contributed by atoms with Gasteiger partial charge in [0.1, 0.15) is 5.75 Å². The van der Waals surface area contributed by atoms with Gasteiger partial charge in [-0.05, 0) is 110 Å². The van der Waals surface area contributed by atoms with E-state index < -0.39 is 0 Å². The largest absolute Gasteiger partial charge is 0.495 e. The molecule has 0 aliphatic heterocycles. The number of ether oxygens (including phenoxy) is 7. The minimum absolute atomic E-state index is 0. The average Bonchev–Trinajstić information content (AvgIpc) is 3.22. The summed E-state index contributed by atoms with van der Waals surface area (Å²) in [6.07, 6.45) is 9.12. The minimum Gasteiger partial charge on any atom is -0.495 e. The van der Waals surface area contributed by atoms with Crippen LogP contribution in [0.1, 0.15) is 36.8 Å². The van der Waals surface area contributed by atoms with Crippen molar-refractivity contribution in [2.75, 3.05) is 54.7 Å². The Balaban J connectivity index is 0.00000280. The van der Waals surface area contributed by atoms with Crippen molar-refractivity contribution < 1.29 is 33.2 Å². The molecule has 10 nitrogen and oxygen atoms in total. The molecule has 0 spiro atoms. The summed E-state index contributed by atoms with van der Waals surface area (Å²) in [7, 11) is 11.5. The van der Waals surface area contributed by atoms with Gasteiger partial charge in [-0.15, -0.1) is 37.2 Å². The Hall–Kier alpha value is -4.77. The van der Waals surface area contributed by atoms with Gasteiger partial charge in [-0.25, -0.2) is 0 Å². The van der Waals surface area contributed by atoms with Gasteiger partial charge in [0.05, 0.1) is 66.8 Å². The van der Waals surface area contributed by atoms with E-state index in [0.717, 1.165) is 71.6 Å². The number of hydrogen-bond donors (Lipinski definition) is 0. The summed E-state index contributed by atoms with van der Waals surface area (Å²) in [6, 6.07) is 24.9. The summed E-state index contributed by atoms with van der Waals surface area (Å²) in [6.45, 7) is 0.706. The van der Waals surface area contributed by atoms with Crippen LogP contribution in [0.2, 0.25) is 0 Å². The minimum atomic E-state index is 0. The number of rotatable bonds is 15. The third-order valence-electron chi connectivity index (χ3n) is 10.1. The second-order valence-corrected chi connectivity index (χ2v) is 13.1. The van der Waals surface area contributed by atoms with Crippen LogP contribution < -0.4 is 38.1 Å². The number of nitrogens with zero attached hydrogens (tertiary/aromatic N) is 3. The van der Waals surface area contributed by atoms with E-state index in [-0.39, 0.29) is 37.2 Å². The van der Waals surface area contributed by atoms with Gasteiger partial charge in [-0.2, -0.15) is 0 Å². The first kappa shape index (κ1) is 45.6. The molecule has 13 heteroatoms. The van der Waals surface area contributed by atoms with Crippen molar-refractivity contribution in [1.82, 2.24) is 9.97 Å². The second kappa shape index (κ2) is 21.5. The molecule has 1 aliphatic rings. The number of aromatic nitrogens is 2. The molecule has 1 saturated carbocycles. The molecular weight excluding hydrogens is 777 g/mol. The molecule has 6 rings (SSSR count). The normalized spacial score (nSPS) is 14.5. The molecule has 0 unspecified atom stereocenters. The lowest BCUT2D eigenvalue weighted by Crippen LogP contribution is -2.38. The number of methoxy groups -OCH3 is 7. The summed E-state index contributed by atoms with van der Waals surface area (Å²) in [5.41, 5.74) is 7.01. The van der Waals surface area contributed by atoms with E-state index >= 15 is 0 Å². The Morgan fingerprint density at radius 2 is 0.964 bits per heavy atom. The standard InChI is InChI=1S/C43H49N3O7.3ClH/c1-47-37-11-9-8-10-36(37)46(27-30-17-19-45-35(22-30)32-25-40(50-4)43(53-7)41(26-32)51-5)33-14-12-28(13-15-33)20-29-16-18-44-34(21-29)31-23-38(48-2)42(52-6)39(24-31)49-3;;;/h8-11,16-19,21-26,28,33H,12-15,20,27H2,1-7H3;3*1H. The highest BCUT2D eigenvalue weighted by Gasteiger charge is 2.28. The fourth-order valence-corrected chi connectivity index (χ4v) is 7.42. The number of halogens is 3. The van der Waals surface area contributed by atoms with Crippen LogP contribution >= 0.6 is 37.2 Å². The van der Waals surface area contributed by atoms with Crippen LogP contribution in [0.15, 0.2) is 85.2 Å². The van der Waals surface area contributed by atoms with E-state index in [2.05, 4.69) is 41.3 Å². The van der Waals surface area contributed by atoms with Crippen molar-refractivity contribution in [3.8, 4) is 62.8 Å². The smallest absolute Gasteiger partial charge is 0.203 e. The lowest BCUT2D eigenvalue weighted by molar-refractivity contribution is 0.310. The van der Waals surface area contributed by atoms with Crippen LogP contribution in [-0.2, 0) is 13.0 Å². The van der Waals surface area contributed by atoms with Gasteiger partial charge < -0.3 is 38.1 Å². The predicted octanol–water partition coefficient (Wildman–Crippen LogP) is 9.94. The molecule has 0 saturated heterocycles. The molecule has 0 bridgehead atoms. The summed E-state index contributed by atoms with van der Waals surface area (Å²) >= 11 is 0. The first-order valence-corrected chi connectivity index (χ1v) is 17.8. The molecule has 0 radical (unpaired) electrons. The third-order valence-corrected chi connectivity index (χ3v) is 10.1. The molecule has 1 aliphatic carbocycles. The Morgan fingerprint density at radius 3 is 1.43 bits per heavy atom. The first-order chi connectivity index (χ1) is 25.9. The molecule has 0 N–H and O–H groups in total. The predicted molar refractivity (Wildman–Crippen MR) is 229 cm³/mol. The van der Waals surface area contributed by atoms with Crippen molar-refractivity contribution in [1.29, 1.82) is 0 Å². The van der Waals surface area contributed by atoms with E-state index in [9.17, 15) is 0 Å². The SMILES string of the molecule is COc1ccccc1N(Cc1ccnc(-c2cc(OC)c(OC)c(OC)c2)c1)C1CCC(Cc2ccnc(-c3cc(OC)c(OC)c(OC)c3)c2)CC1.Cl.Cl.Cl. The molecular formula is C43H52Cl3N3O7. The number of benzene rings is 3. The summed E-state index contributed by atoms with van der Waals surface area (Å²) in [4.78, 5) is 11.9. The maximum atomic E-state index is 5.89. The van der Waals surface area contributed by atoms with Crippen molar-refractivity contribution in [2.45, 2.75) is 44.7 Å². The van der Waals surface area contributed by atoms with Crippen LogP contribution in [0.25, 0.3) is 22.5 Å². The Bertz CT molecular complexity index is 1960. The molecule has 56 heavy (non-hydrogen) atoms. The van der Waals surface area contributed by atoms with Crippen molar-refractivity contribution in [2.24, 2.45) is 5.92 Å². The number of anilines is 1. The summed E-state index contributed by atoms with van der Waals surface area (Å²) < 4.78 is 39.4. The van der Waals surface area contributed by atoms with Gasteiger partial charge in [0.15, 0.2) is 23.0 Å². The average molecular weight is 829 g/mol. The Labute approximate surface area is 349 Å². The molecule has 302 valence electrons. The highest BCUT2D eigenvalue weighted by molar-refractivity contribution is 5.86. The third kappa shape index (κ3) is 10.1. The molecule has 5 aromatic rings. The van der Waals surface area contributed by atoms with Crippen LogP contribution in [0.4, 0.5) is 5.69 Å². The molecule has 2 aromatic heterocycles.